The molecule has 6 nitrogen and oxygen atoms in total. The van der Waals surface area contributed by atoms with Gasteiger partial charge in [0.05, 0.1) is 5.92 Å². The van der Waals surface area contributed by atoms with Crippen molar-refractivity contribution in [3.8, 4) is 0 Å². The molecule has 0 spiro atoms. The lowest BCUT2D eigenvalue weighted by molar-refractivity contribution is -0.140. The van der Waals surface area contributed by atoms with Crippen molar-refractivity contribution >= 4 is 17.8 Å². The molecule has 2 atom stereocenters. The standard InChI is InChI=1S/C20H35N3O3/c1-14(2)20(6)8-11-22(13-20)18(26)21-9-7-10-23-16(24)12-15(17(23)25)19(3,4)5/h14-15H,7-13H2,1-6H3,(H,21,26)/t15?,20-/m0/s1. The highest BCUT2D eigenvalue weighted by Crippen LogP contribution is 2.37. The number of amides is 4. The molecule has 1 N–H and O–H groups in total. The molecule has 0 saturated carbocycles. The summed E-state index contributed by atoms with van der Waals surface area (Å²) in [7, 11) is 0. The molecule has 0 bridgehead atoms. The zero-order valence-corrected chi connectivity index (χ0v) is 17.2. The number of carbonyl (C=O) groups is 3. The van der Waals surface area contributed by atoms with Crippen molar-refractivity contribution in [3.63, 3.8) is 0 Å². The van der Waals surface area contributed by atoms with E-state index in [0.29, 0.717) is 31.8 Å². The quantitative estimate of drug-likeness (QED) is 0.602. The van der Waals surface area contributed by atoms with Crippen LogP contribution >= 0.6 is 0 Å². The van der Waals surface area contributed by atoms with E-state index in [4.69, 9.17) is 0 Å². The van der Waals surface area contributed by atoms with Gasteiger partial charge in [-0.1, -0.05) is 41.5 Å². The first-order valence-corrected chi connectivity index (χ1v) is 9.83. The van der Waals surface area contributed by atoms with Gasteiger partial charge < -0.3 is 10.2 Å². The minimum Gasteiger partial charge on any atom is -0.338 e. The van der Waals surface area contributed by atoms with Crippen molar-refractivity contribution in [1.29, 1.82) is 0 Å². The lowest BCUT2D eigenvalue weighted by Crippen LogP contribution is -2.41. The number of rotatable bonds is 5. The van der Waals surface area contributed by atoms with Crippen LogP contribution in [0.25, 0.3) is 0 Å². The summed E-state index contributed by atoms with van der Waals surface area (Å²) in [6.45, 7) is 15.1. The lowest BCUT2D eigenvalue weighted by Gasteiger charge is -2.28. The summed E-state index contributed by atoms with van der Waals surface area (Å²) in [4.78, 5) is 40.1. The Bertz CT molecular complexity index is 567. The third-order valence-corrected chi connectivity index (χ3v) is 6.31. The summed E-state index contributed by atoms with van der Waals surface area (Å²) in [5.41, 5.74) is -0.0117. The van der Waals surface area contributed by atoms with Gasteiger partial charge in [-0.25, -0.2) is 4.79 Å². The molecule has 2 fully saturated rings. The highest BCUT2D eigenvalue weighted by atomic mass is 16.2. The molecule has 0 aliphatic carbocycles. The summed E-state index contributed by atoms with van der Waals surface area (Å²) in [5, 5.41) is 2.93. The second kappa shape index (κ2) is 7.57. The third-order valence-electron chi connectivity index (χ3n) is 6.31. The number of hydrogen-bond acceptors (Lipinski definition) is 3. The Morgan fingerprint density at radius 3 is 2.46 bits per heavy atom. The molecular weight excluding hydrogens is 330 g/mol. The first kappa shape index (κ1) is 20.7. The van der Waals surface area contributed by atoms with Crippen LogP contribution in [0.5, 0.6) is 0 Å². The van der Waals surface area contributed by atoms with Gasteiger partial charge in [-0.2, -0.15) is 0 Å². The number of likely N-dealkylation sites (tertiary alicyclic amines) is 2. The van der Waals surface area contributed by atoms with Gasteiger partial charge in [0.1, 0.15) is 0 Å². The Labute approximate surface area is 157 Å². The van der Waals surface area contributed by atoms with E-state index >= 15 is 0 Å². The van der Waals surface area contributed by atoms with Crippen molar-refractivity contribution in [3.05, 3.63) is 0 Å². The molecule has 6 heteroatoms. The van der Waals surface area contributed by atoms with Gasteiger partial charge in [-0.05, 0) is 29.6 Å². The Balaban J connectivity index is 1.75. The number of imide groups is 1. The van der Waals surface area contributed by atoms with Crippen LogP contribution in [0.1, 0.15) is 60.8 Å². The molecule has 2 heterocycles. The van der Waals surface area contributed by atoms with Crippen LogP contribution in [-0.4, -0.2) is 53.8 Å². The average molecular weight is 366 g/mol. The van der Waals surface area contributed by atoms with Crippen LogP contribution in [0.4, 0.5) is 4.79 Å². The SMILES string of the molecule is CC(C)[C@@]1(C)CCN(C(=O)NCCCN2C(=O)CC(C(C)(C)C)C2=O)C1. The van der Waals surface area contributed by atoms with Crippen molar-refractivity contribution in [1.82, 2.24) is 15.1 Å². The van der Waals surface area contributed by atoms with Crippen LogP contribution in [-0.2, 0) is 9.59 Å². The van der Waals surface area contributed by atoms with Crippen LogP contribution in [0, 0.1) is 22.7 Å². The largest absolute Gasteiger partial charge is 0.338 e. The van der Waals surface area contributed by atoms with Crippen LogP contribution in [0.3, 0.4) is 0 Å². The molecule has 0 aromatic rings. The maximum Gasteiger partial charge on any atom is 0.317 e. The fraction of sp³-hybridized carbons (Fsp3) is 0.850. The van der Waals surface area contributed by atoms with Gasteiger partial charge in [-0.15, -0.1) is 0 Å². The predicted molar refractivity (Wildman–Crippen MR) is 101 cm³/mol. The first-order chi connectivity index (χ1) is 12.0. The normalized spacial score (nSPS) is 27.0. The molecule has 4 amide bonds. The number of hydrogen-bond donors (Lipinski definition) is 1. The zero-order chi connectivity index (χ0) is 19.7. The molecule has 0 radical (unpaired) electrons. The van der Waals surface area contributed by atoms with E-state index in [1.54, 1.807) is 0 Å². The van der Waals surface area contributed by atoms with E-state index < -0.39 is 0 Å². The summed E-state index contributed by atoms with van der Waals surface area (Å²) in [6.07, 6.45) is 1.93. The van der Waals surface area contributed by atoms with E-state index in [9.17, 15) is 14.4 Å². The Kier molecular flexibility index (Phi) is 6.03. The van der Waals surface area contributed by atoms with Crippen molar-refractivity contribution in [2.24, 2.45) is 22.7 Å². The van der Waals surface area contributed by atoms with Gasteiger partial charge in [0.25, 0.3) is 0 Å². The van der Waals surface area contributed by atoms with E-state index in [2.05, 4.69) is 26.1 Å². The van der Waals surface area contributed by atoms with Crippen molar-refractivity contribution in [2.45, 2.75) is 60.8 Å². The minimum atomic E-state index is -0.233. The second-order valence-corrected chi connectivity index (χ2v) is 9.57. The molecule has 0 aromatic heterocycles. The van der Waals surface area contributed by atoms with Crippen molar-refractivity contribution < 1.29 is 14.4 Å². The monoisotopic (exact) mass is 365 g/mol. The molecule has 2 aliphatic rings. The maximum atomic E-state index is 12.4. The van der Waals surface area contributed by atoms with Gasteiger partial charge in [0.2, 0.25) is 11.8 Å². The summed E-state index contributed by atoms with van der Waals surface area (Å²) in [5.74, 6) is 0.153. The number of nitrogens with zero attached hydrogens (tertiary/aromatic N) is 2. The highest BCUT2D eigenvalue weighted by molar-refractivity contribution is 6.03. The Hall–Kier alpha value is -1.59. The fourth-order valence-electron chi connectivity index (χ4n) is 3.77. The summed E-state index contributed by atoms with van der Waals surface area (Å²) >= 11 is 0. The summed E-state index contributed by atoms with van der Waals surface area (Å²) < 4.78 is 0. The summed E-state index contributed by atoms with van der Waals surface area (Å²) in [6, 6.07) is -0.0407. The average Bonchev–Trinajstić information content (AvgIpc) is 3.06. The van der Waals surface area contributed by atoms with Gasteiger partial charge in [0, 0.05) is 32.6 Å². The van der Waals surface area contributed by atoms with E-state index in [0.717, 1.165) is 19.5 Å². The Morgan fingerprint density at radius 2 is 1.96 bits per heavy atom. The molecule has 2 aliphatic heterocycles. The van der Waals surface area contributed by atoms with E-state index in [-0.39, 0.29) is 34.6 Å². The predicted octanol–water partition coefficient (Wildman–Crippen LogP) is 2.88. The number of nitrogens with one attached hydrogen (secondary N) is 1. The smallest absolute Gasteiger partial charge is 0.317 e. The molecule has 26 heavy (non-hydrogen) atoms. The molecule has 148 valence electrons. The minimum absolute atomic E-state index is 0.0407. The zero-order valence-electron chi connectivity index (χ0n) is 17.2. The van der Waals surface area contributed by atoms with Gasteiger partial charge in [0.15, 0.2) is 0 Å². The number of urea groups is 1. The molecule has 2 rings (SSSR count). The Morgan fingerprint density at radius 1 is 1.31 bits per heavy atom. The third kappa shape index (κ3) is 4.38. The molecular formula is C20H35N3O3. The first-order valence-electron chi connectivity index (χ1n) is 9.83. The van der Waals surface area contributed by atoms with Crippen LogP contribution in [0.15, 0.2) is 0 Å². The van der Waals surface area contributed by atoms with Gasteiger partial charge >= 0.3 is 6.03 Å². The topological polar surface area (TPSA) is 69.7 Å². The lowest BCUT2D eigenvalue weighted by atomic mass is 9.79. The number of carbonyl (C=O) groups excluding carboxylic acids is 3. The van der Waals surface area contributed by atoms with E-state index in [1.165, 1.54) is 4.90 Å². The van der Waals surface area contributed by atoms with Crippen LogP contribution in [0.2, 0.25) is 0 Å². The van der Waals surface area contributed by atoms with Crippen LogP contribution < -0.4 is 5.32 Å². The maximum absolute atomic E-state index is 12.4. The highest BCUT2D eigenvalue weighted by Gasteiger charge is 2.44. The second-order valence-electron chi connectivity index (χ2n) is 9.57. The van der Waals surface area contributed by atoms with Crippen molar-refractivity contribution in [2.75, 3.05) is 26.2 Å². The van der Waals surface area contributed by atoms with Gasteiger partial charge in [-0.3, -0.25) is 14.5 Å². The molecule has 0 aromatic carbocycles. The molecule has 2 saturated heterocycles. The molecule has 1 unspecified atom stereocenters. The fourth-order valence-corrected chi connectivity index (χ4v) is 3.77. The van der Waals surface area contributed by atoms with E-state index in [1.807, 2.05) is 25.7 Å².